The van der Waals surface area contributed by atoms with Gasteiger partial charge in [-0.15, -0.1) is 0 Å². The second-order valence-electron chi connectivity index (χ2n) is 4.91. The van der Waals surface area contributed by atoms with E-state index in [9.17, 15) is 13.2 Å². The first-order chi connectivity index (χ1) is 10.00. The molecular formula is C12H20N4O4S. The highest BCUT2D eigenvalue weighted by molar-refractivity contribution is 7.89. The van der Waals surface area contributed by atoms with Gasteiger partial charge in [0.25, 0.3) is 0 Å². The quantitative estimate of drug-likeness (QED) is 0.800. The fourth-order valence-electron chi connectivity index (χ4n) is 2.08. The maximum Gasteiger partial charge on any atom is 0.226 e. The van der Waals surface area contributed by atoms with Crippen LogP contribution in [0.3, 0.4) is 0 Å². The van der Waals surface area contributed by atoms with E-state index in [1.807, 2.05) is 6.92 Å². The molecule has 9 heteroatoms. The van der Waals surface area contributed by atoms with Crippen molar-refractivity contribution in [2.24, 2.45) is 0 Å². The Morgan fingerprint density at radius 2 is 2.24 bits per heavy atom. The van der Waals surface area contributed by atoms with Gasteiger partial charge in [-0.05, 0) is 6.42 Å². The molecule has 1 aromatic rings. The minimum atomic E-state index is -3.23. The highest BCUT2D eigenvalue weighted by atomic mass is 32.2. The smallest absolute Gasteiger partial charge is 0.226 e. The molecule has 0 unspecified atom stereocenters. The fourth-order valence-corrected chi connectivity index (χ4v) is 3.09. The van der Waals surface area contributed by atoms with Gasteiger partial charge in [-0.2, -0.15) is 4.98 Å². The molecule has 1 aromatic heterocycles. The summed E-state index contributed by atoms with van der Waals surface area (Å²) in [5, 5.41) is 3.79. The third-order valence-corrected chi connectivity index (χ3v) is 4.66. The summed E-state index contributed by atoms with van der Waals surface area (Å²) in [6.07, 6.45) is 2.24. The van der Waals surface area contributed by atoms with Crippen molar-refractivity contribution in [2.45, 2.75) is 32.6 Å². The van der Waals surface area contributed by atoms with Crippen LogP contribution in [0.5, 0.6) is 0 Å². The molecule has 2 heterocycles. The Morgan fingerprint density at radius 3 is 2.95 bits per heavy atom. The summed E-state index contributed by atoms with van der Waals surface area (Å²) >= 11 is 0. The SMILES string of the molecule is CCc1noc(CCCC(=O)N2CCNS(=O)(=O)CC2)n1. The Hall–Kier alpha value is -1.48. The largest absolute Gasteiger partial charge is 0.340 e. The zero-order chi connectivity index (χ0) is 15.3. The van der Waals surface area contributed by atoms with Crippen LogP contribution < -0.4 is 4.72 Å². The normalized spacial score (nSPS) is 18.4. The molecule has 21 heavy (non-hydrogen) atoms. The lowest BCUT2D eigenvalue weighted by Gasteiger charge is -2.18. The number of carbonyl (C=O) groups excluding carboxylic acids is 1. The number of carbonyl (C=O) groups is 1. The molecule has 0 atom stereocenters. The molecule has 1 aliphatic heterocycles. The van der Waals surface area contributed by atoms with Crippen LogP contribution in [0.4, 0.5) is 0 Å². The molecule has 2 rings (SSSR count). The van der Waals surface area contributed by atoms with Crippen LogP contribution in [0.2, 0.25) is 0 Å². The molecule has 0 spiro atoms. The van der Waals surface area contributed by atoms with Gasteiger partial charge in [0.05, 0.1) is 5.75 Å². The number of nitrogens with one attached hydrogen (secondary N) is 1. The zero-order valence-electron chi connectivity index (χ0n) is 12.0. The molecule has 0 saturated carbocycles. The first-order valence-electron chi connectivity index (χ1n) is 7.07. The lowest BCUT2D eigenvalue weighted by Crippen LogP contribution is -2.34. The number of nitrogens with zero attached hydrogens (tertiary/aromatic N) is 3. The standard InChI is InChI=1S/C12H20N4O4S/c1-2-10-14-11(20-15-10)4-3-5-12(17)16-7-6-13-21(18,19)9-8-16/h13H,2-9H2,1H3. The van der Waals surface area contributed by atoms with Gasteiger partial charge in [-0.1, -0.05) is 12.1 Å². The number of sulfonamides is 1. The number of amides is 1. The van der Waals surface area contributed by atoms with Crippen molar-refractivity contribution in [3.8, 4) is 0 Å². The lowest BCUT2D eigenvalue weighted by molar-refractivity contribution is -0.130. The highest BCUT2D eigenvalue weighted by Gasteiger charge is 2.21. The van der Waals surface area contributed by atoms with Crippen molar-refractivity contribution < 1.29 is 17.7 Å². The summed E-state index contributed by atoms with van der Waals surface area (Å²) < 4.78 is 30.3. The van der Waals surface area contributed by atoms with Gasteiger partial charge >= 0.3 is 0 Å². The molecule has 0 radical (unpaired) electrons. The van der Waals surface area contributed by atoms with Crippen LogP contribution in [0, 0.1) is 0 Å². The van der Waals surface area contributed by atoms with Crippen molar-refractivity contribution in [1.29, 1.82) is 0 Å². The molecule has 118 valence electrons. The van der Waals surface area contributed by atoms with E-state index in [1.54, 1.807) is 4.90 Å². The highest BCUT2D eigenvalue weighted by Crippen LogP contribution is 2.07. The van der Waals surface area contributed by atoms with Gasteiger partial charge in [-0.25, -0.2) is 13.1 Å². The van der Waals surface area contributed by atoms with Gasteiger partial charge in [-0.3, -0.25) is 4.79 Å². The number of rotatable bonds is 5. The third kappa shape index (κ3) is 4.78. The maximum atomic E-state index is 12.1. The van der Waals surface area contributed by atoms with Crippen LogP contribution in [-0.4, -0.2) is 54.8 Å². The summed E-state index contributed by atoms with van der Waals surface area (Å²) in [6, 6.07) is 0. The predicted octanol–water partition coefficient (Wildman–Crippen LogP) is -0.284. The Labute approximate surface area is 123 Å². The van der Waals surface area contributed by atoms with E-state index in [0.717, 1.165) is 6.42 Å². The molecule has 0 aromatic carbocycles. The molecule has 0 aliphatic carbocycles. The van der Waals surface area contributed by atoms with Gasteiger partial charge in [0.1, 0.15) is 0 Å². The number of hydrogen-bond donors (Lipinski definition) is 1. The maximum absolute atomic E-state index is 12.1. The average Bonchev–Trinajstić information content (AvgIpc) is 2.82. The fraction of sp³-hybridized carbons (Fsp3) is 0.750. The Bertz CT molecular complexity index is 584. The first-order valence-corrected chi connectivity index (χ1v) is 8.72. The summed E-state index contributed by atoms with van der Waals surface area (Å²) in [4.78, 5) is 17.8. The Balaban J connectivity index is 1.76. The van der Waals surface area contributed by atoms with E-state index in [0.29, 0.717) is 37.5 Å². The molecule has 1 N–H and O–H groups in total. The van der Waals surface area contributed by atoms with E-state index < -0.39 is 10.0 Å². The van der Waals surface area contributed by atoms with E-state index in [4.69, 9.17) is 4.52 Å². The third-order valence-electron chi connectivity index (χ3n) is 3.29. The van der Waals surface area contributed by atoms with Crippen molar-refractivity contribution in [3.63, 3.8) is 0 Å². The number of aryl methyl sites for hydroxylation is 2. The van der Waals surface area contributed by atoms with E-state index in [1.165, 1.54) is 0 Å². The Kier molecular flexibility index (Phi) is 5.29. The van der Waals surface area contributed by atoms with Gasteiger partial charge in [0, 0.05) is 38.9 Å². The van der Waals surface area contributed by atoms with Crippen LogP contribution in [0.15, 0.2) is 4.52 Å². The van der Waals surface area contributed by atoms with Crippen LogP contribution in [0.25, 0.3) is 0 Å². The number of aromatic nitrogens is 2. The molecule has 8 nitrogen and oxygen atoms in total. The van der Waals surface area contributed by atoms with Crippen LogP contribution >= 0.6 is 0 Å². The summed E-state index contributed by atoms with van der Waals surface area (Å²) in [5.41, 5.74) is 0. The molecule has 0 bridgehead atoms. The summed E-state index contributed by atoms with van der Waals surface area (Å²) in [7, 11) is -3.23. The van der Waals surface area contributed by atoms with Crippen molar-refractivity contribution in [1.82, 2.24) is 19.8 Å². The lowest BCUT2D eigenvalue weighted by atomic mass is 10.2. The monoisotopic (exact) mass is 316 g/mol. The number of hydrogen-bond acceptors (Lipinski definition) is 6. The van der Waals surface area contributed by atoms with E-state index in [2.05, 4.69) is 14.9 Å². The second-order valence-corrected chi connectivity index (χ2v) is 6.83. The molecule has 1 fully saturated rings. The van der Waals surface area contributed by atoms with E-state index >= 15 is 0 Å². The van der Waals surface area contributed by atoms with E-state index in [-0.39, 0.29) is 24.7 Å². The summed E-state index contributed by atoms with van der Waals surface area (Å²) in [6.45, 7) is 2.88. The average molecular weight is 316 g/mol. The molecule has 1 saturated heterocycles. The van der Waals surface area contributed by atoms with Crippen LogP contribution in [-0.2, 0) is 27.7 Å². The first kappa shape index (κ1) is 15.9. The minimum absolute atomic E-state index is 0.0378. The predicted molar refractivity (Wildman–Crippen MR) is 75.0 cm³/mol. The molecule has 1 aliphatic rings. The zero-order valence-corrected chi connectivity index (χ0v) is 12.9. The minimum Gasteiger partial charge on any atom is -0.340 e. The van der Waals surface area contributed by atoms with Crippen LogP contribution in [0.1, 0.15) is 31.5 Å². The van der Waals surface area contributed by atoms with Crippen molar-refractivity contribution in [3.05, 3.63) is 11.7 Å². The summed E-state index contributed by atoms with van der Waals surface area (Å²) in [5.74, 6) is 1.13. The topological polar surface area (TPSA) is 105 Å². The molecular weight excluding hydrogens is 296 g/mol. The second kappa shape index (κ2) is 6.99. The van der Waals surface area contributed by atoms with Gasteiger partial charge in [0.15, 0.2) is 5.82 Å². The Morgan fingerprint density at radius 1 is 1.43 bits per heavy atom. The van der Waals surface area contributed by atoms with Crippen molar-refractivity contribution >= 4 is 15.9 Å². The van der Waals surface area contributed by atoms with Gasteiger partial charge in [0.2, 0.25) is 21.8 Å². The molecule has 1 amide bonds. The van der Waals surface area contributed by atoms with Crippen molar-refractivity contribution in [2.75, 3.05) is 25.4 Å². The van der Waals surface area contributed by atoms with Gasteiger partial charge < -0.3 is 9.42 Å².